The molecule has 2 aromatic carbocycles. The van der Waals surface area contributed by atoms with Gasteiger partial charge in [0.2, 0.25) is 5.91 Å². The zero-order valence-corrected chi connectivity index (χ0v) is 20.5. The Morgan fingerprint density at radius 1 is 0.946 bits per heavy atom. The summed E-state index contributed by atoms with van der Waals surface area (Å²) in [6.45, 7) is -0.464. The van der Waals surface area contributed by atoms with Crippen molar-refractivity contribution < 1.29 is 41.8 Å². The molecule has 0 unspecified atom stereocenters. The number of alkyl halides is 2. The number of benzene rings is 2. The van der Waals surface area contributed by atoms with E-state index in [4.69, 9.17) is 9.47 Å². The van der Waals surface area contributed by atoms with Gasteiger partial charge in [-0.15, -0.1) is 0 Å². The summed E-state index contributed by atoms with van der Waals surface area (Å²) < 4.78 is 54.5. The Morgan fingerprint density at radius 3 is 2.08 bits per heavy atom. The molecule has 0 fully saturated rings. The van der Waals surface area contributed by atoms with Crippen molar-refractivity contribution in [1.82, 2.24) is 4.90 Å². The van der Waals surface area contributed by atoms with E-state index in [2.05, 4.69) is 10.1 Å². The van der Waals surface area contributed by atoms with Gasteiger partial charge in [0.05, 0.1) is 31.3 Å². The normalized spacial score (nSPS) is 14.1. The van der Waals surface area contributed by atoms with Crippen molar-refractivity contribution in [2.75, 3.05) is 26.1 Å². The van der Waals surface area contributed by atoms with Gasteiger partial charge in [-0.2, -0.15) is 8.78 Å². The number of rotatable bonds is 8. The zero-order valence-electron chi connectivity index (χ0n) is 20.5. The number of para-hydroxylation sites is 1. The molecule has 37 heavy (non-hydrogen) atoms. The number of allylic oxidation sites excluding steroid dienone is 2. The standard InChI is InChI=1S/C26H25F3N2O6/c1-14-21(24(33)35-3)23(18-10-5-6-11-19(18)37-26(28)29)22(25(34)36-4)15(2)31(14)13-20(32)30-17-9-7-8-16(27)12-17/h5-12,23,26H,13H2,1-4H3,(H,30,32). The second-order valence-corrected chi connectivity index (χ2v) is 7.98. The summed E-state index contributed by atoms with van der Waals surface area (Å²) >= 11 is 0. The van der Waals surface area contributed by atoms with Gasteiger partial charge in [-0.25, -0.2) is 14.0 Å². The molecule has 2 aromatic rings. The zero-order chi connectivity index (χ0) is 27.3. The predicted octanol–water partition coefficient (Wildman–Crippen LogP) is 4.36. The van der Waals surface area contributed by atoms with Crippen LogP contribution >= 0.6 is 0 Å². The van der Waals surface area contributed by atoms with E-state index in [0.717, 1.165) is 20.3 Å². The van der Waals surface area contributed by atoms with Crippen LogP contribution in [0.25, 0.3) is 0 Å². The number of nitrogens with one attached hydrogen (secondary N) is 1. The molecule has 11 heteroatoms. The highest BCUT2D eigenvalue weighted by atomic mass is 19.3. The Hall–Kier alpha value is -4.28. The Labute approximate surface area is 211 Å². The molecule has 3 rings (SSSR count). The molecule has 0 saturated carbocycles. The molecule has 1 aliphatic rings. The number of ether oxygens (including phenoxy) is 3. The first kappa shape index (κ1) is 27.3. The number of amides is 1. The Morgan fingerprint density at radius 2 is 1.54 bits per heavy atom. The highest BCUT2D eigenvalue weighted by Gasteiger charge is 2.42. The number of hydrogen-bond donors (Lipinski definition) is 1. The van der Waals surface area contributed by atoms with Crippen LogP contribution in [0.1, 0.15) is 25.3 Å². The average molecular weight is 518 g/mol. The molecular formula is C26H25F3N2O6. The van der Waals surface area contributed by atoms with Crippen molar-refractivity contribution >= 4 is 23.5 Å². The summed E-state index contributed by atoms with van der Waals surface area (Å²) in [6.07, 6.45) is 0. The topological polar surface area (TPSA) is 94.2 Å². The monoisotopic (exact) mass is 518 g/mol. The molecule has 0 radical (unpaired) electrons. The molecule has 1 N–H and O–H groups in total. The minimum atomic E-state index is -3.16. The van der Waals surface area contributed by atoms with E-state index < -0.39 is 36.2 Å². The molecule has 196 valence electrons. The number of esters is 2. The fraction of sp³-hybridized carbons (Fsp3) is 0.269. The Balaban J connectivity index is 2.14. The van der Waals surface area contributed by atoms with Crippen molar-refractivity contribution in [2.24, 2.45) is 0 Å². The third-order valence-electron chi connectivity index (χ3n) is 5.83. The highest BCUT2D eigenvalue weighted by Crippen LogP contribution is 2.45. The SMILES string of the molecule is COC(=O)C1=C(C)N(CC(=O)Nc2cccc(F)c2)C(C)=C(C(=O)OC)C1c1ccccc1OC(F)F. The maximum Gasteiger partial charge on any atom is 0.387 e. The van der Waals surface area contributed by atoms with Gasteiger partial charge in [-0.05, 0) is 38.1 Å². The molecule has 0 bridgehead atoms. The fourth-order valence-corrected chi connectivity index (χ4v) is 4.24. The van der Waals surface area contributed by atoms with Crippen LogP contribution in [0.5, 0.6) is 5.75 Å². The molecule has 0 spiro atoms. The van der Waals surface area contributed by atoms with Gasteiger partial charge in [-0.3, -0.25) is 4.79 Å². The number of hydrogen-bond acceptors (Lipinski definition) is 7. The summed E-state index contributed by atoms with van der Waals surface area (Å²) in [5.41, 5.74) is 0.648. The first-order valence-corrected chi connectivity index (χ1v) is 11.0. The van der Waals surface area contributed by atoms with E-state index in [1.54, 1.807) is 6.07 Å². The van der Waals surface area contributed by atoms with Gasteiger partial charge in [-0.1, -0.05) is 24.3 Å². The van der Waals surface area contributed by atoms with Gasteiger partial charge in [0.15, 0.2) is 0 Å². The summed E-state index contributed by atoms with van der Waals surface area (Å²) in [4.78, 5) is 40.3. The summed E-state index contributed by atoms with van der Waals surface area (Å²) in [7, 11) is 2.26. The second kappa shape index (κ2) is 11.6. The lowest BCUT2D eigenvalue weighted by Gasteiger charge is -2.37. The fourth-order valence-electron chi connectivity index (χ4n) is 4.24. The van der Waals surface area contributed by atoms with Crippen LogP contribution in [0.15, 0.2) is 71.1 Å². The van der Waals surface area contributed by atoms with E-state index in [0.29, 0.717) is 0 Å². The first-order valence-electron chi connectivity index (χ1n) is 11.0. The smallest absolute Gasteiger partial charge is 0.387 e. The van der Waals surface area contributed by atoms with Crippen molar-refractivity contribution in [3.8, 4) is 5.75 Å². The predicted molar refractivity (Wildman–Crippen MR) is 127 cm³/mol. The molecule has 1 amide bonds. The maximum atomic E-state index is 13.5. The number of methoxy groups -OCH3 is 2. The van der Waals surface area contributed by atoms with Crippen LogP contribution in [0.4, 0.5) is 18.9 Å². The van der Waals surface area contributed by atoms with Gasteiger partial charge in [0.1, 0.15) is 18.1 Å². The Kier molecular flexibility index (Phi) is 8.59. The third kappa shape index (κ3) is 5.93. The van der Waals surface area contributed by atoms with Crippen molar-refractivity contribution in [3.05, 3.63) is 82.5 Å². The minimum absolute atomic E-state index is 0.0719. The second-order valence-electron chi connectivity index (χ2n) is 7.98. The van der Waals surface area contributed by atoms with E-state index in [1.165, 1.54) is 55.1 Å². The summed E-state index contributed by atoms with van der Waals surface area (Å²) in [5, 5.41) is 2.56. The molecule has 0 saturated heterocycles. The molecule has 1 heterocycles. The largest absolute Gasteiger partial charge is 0.466 e. The lowest BCUT2D eigenvalue weighted by molar-refractivity contribution is -0.137. The number of carbonyl (C=O) groups excluding carboxylic acids is 3. The maximum absolute atomic E-state index is 13.5. The molecule has 0 aliphatic carbocycles. The number of halogens is 3. The average Bonchev–Trinajstić information content (AvgIpc) is 2.85. The van der Waals surface area contributed by atoms with Crippen LogP contribution in [-0.4, -0.2) is 50.1 Å². The number of carbonyl (C=O) groups is 3. The molecule has 1 aliphatic heterocycles. The third-order valence-corrected chi connectivity index (χ3v) is 5.83. The van der Waals surface area contributed by atoms with Crippen LogP contribution in [0, 0.1) is 5.82 Å². The van der Waals surface area contributed by atoms with Gasteiger partial charge >= 0.3 is 18.6 Å². The number of anilines is 1. The highest BCUT2D eigenvalue weighted by molar-refractivity contribution is 6.00. The van der Waals surface area contributed by atoms with Gasteiger partial charge in [0.25, 0.3) is 0 Å². The first-order chi connectivity index (χ1) is 17.6. The van der Waals surface area contributed by atoms with E-state index in [1.807, 2.05) is 0 Å². The van der Waals surface area contributed by atoms with Crippen LogP contribution in [0.3, 0.4) is 0 Å². The molecule has 8 nitrogen and oxygen atoms in total. The lowest BCUT2D eigenvalue weighted by atomic mass is 9.79. The molecular weight excluding hydrogens is 493 g/mol. The quantitative estimate of drug-likeness (QED) is 0.519. The van der Waals surface area contributed by atoms with Gasteiger partial charge < -0.3 is 24.4 Å². The van der Waals surface area contributed by atoms with Crippen LogP contribution in [-0.2, 0) is 23.9 Å². The van der Waals surface area contributed by atoms with E-state index >= 15 is 0 Å². The summed E-state index contributed by atoms with van der Waals surface area (Å²) in [5.74, 6) is -4.26. The van der Waals surface area contributed by atoms with Crippen molar-refractivity contribution in [2.45, 2.75) is 26.4 Å². The lowest BCUT2D eigenvalue weighted by Crippen LogP contribution is -2.39. The Bertz CT molecular complexity index is 1230. The van der Waals surface area contributed by atoms with Gasteiger partial charge in [0, 0.05) is 22.6 Å². The van der Waals surface area contributed by atoms with Crippen LogP contribution < -0.4 is 10.1 Å². The number of nitrogens with zero attached hydrogens (tertiary/aromatic N) is 1. The minimum Gasteiger partial charge on any atom is -0.466 e. The molecule has 0 atom stereocenters. The van der Waals surface area contributed by atoms with E-state index in [9.17, 15) is 27.6 Å². The van der Waals surface area contributed by atoms with Crippen molar-refractivity contribution in [1.29, 1.82) is 0 Å². The summed E-state index contributed by atoms with van der Waals surface area (Å²) in [6, 6.07) is 11.0. The van der Waals surface area contributed by atoms with Crippen LogP contribution in [0.2, 0.25) is 0 Å². The van der Waals surface area contributed by atoms with Crippen molar-refractivity contribution in [3.63, 3.8) is 0 Å². The molecule has 0 aromatic heterocycles. The van der Waals surface area contributed by atoms with E-state index in [-0.39, 0.29) is 46.1 Å².